The lowest BCUT2D eigenvalue weighted by Crippen LogP contribution is -2.42. The van der Waals surface area contributed by atoms with E-state index >= 15 is 0 Å². The Morgan fingerprint density at radius 3 is 1.93 bits per heavy atom. The van der Waals surface area contributed by atoms with E-state index in [0.29, 0.717) is 5.54 Å². The molecule has 1 saturated carbocycles. The molecular weight excluding hydrogens is 172 g/mol. The van der Waals surface area contributed by atoms with Crippen LogP contribution >= 0.6 is 0 Å². The first kappa shape index (κ1) is 12.0. The van der Waals surface area contributed by atoms with Crippen molar-refractivity contribution in [2.45, 2.75) is 46.1 Å². The van der Waals surface area contributed by atoms with Gasteiger partial charge < -0.3 is 11.1 Å². The molecule has 0 unspecified atom stereocenters. The predicted octanol–water partition coefficient (Wildman–Crippen LogP) is 2.00. The third-order valence-electron chi connectivity index (χ3n) is 3.67. The molecule has 0 saturated heterocycles. The Hall–Kier alpha value is -0.0800. The molecule has 0 aliphatic heterocycles. The van der Waals surface area contributed by atoms with Crippen LogP contribution in [0.25, 0.3) is 0 Å². The first-order chi connectivity index (χ1) is 6.51. The molecule has 1 aliphatic carbocycles. The summed E-state index contributed by atoms with van der Waals surface area (Å²) >= 11 is 0. The van der Waals surface area contributed by atoms with Gasteiger partial charge in [0, 0.05) is 12.1 Å². The molecule has 2 nitrogen and oxygen atoms in total. The minimum Gasteiger partial charge on any atom is -0.329 e. The molecule has 2 heteroatoms. The third kappa shape index (κ3) is 2.96. The predicted molar refractivity (Wildman–Crippen MR) is 62.2 cm³/mol. The smallest absolute Gasteiger partial charge is 0.0305 e. The summed E-state index contributed by atoms with van der Waals surface area (Å²) in [5.74, 6) is 2.30. The number of nitrogens with one attached hydrogen (secondary N) is 1. The standard InChI is InChI=1S/C12H26N2/c1-9(2)11(10(3)4)7-14-12(8-13)5-6-12/h9-11,14H,5-8,13H2,1-4H3. The molecule has 84 valence electrons. The fourth-order valence-electron chi connectivity index (χ4n) is 2.18. The Balaban J connectivity index is 2.33. The van der Waals surface area contributed by atoms with Crippen molar-refractivity contribution in [2.75, 3.05) is 13.1 Å². The first-order valence-electron chi connectivity index (χ1n) is 5.96. The summed E-state index contributed by atoms with van der Waals surface area (Å²) in [4.78, 5) is 0. The minimum atomic E-state index is 0.321. The van der Waals surface area contributed by atoms with Crippen molar-refractivity contribution in [3.05, 3.63) is 0 Å². The van der Waals surface area contributed by atoms with E-state index in [2.05, 4.69) is 33.0 Å². The van der Waals surface area contributed by atoms with Crippen LogP contribution < -0.4 is 11.1 Å². The second kappa shape index (κ2) is 4.63. The van der Waals surface area contributed by atoms with Crippen LogP contribution in [-0.4, -0.2) is 18.6 Å². The van der Waals surface area contributed by atoms with Gasteiger partial charge in [-0.3, -0.25) is 0 Å². The zero-order valence-corrected chi connectivity index (χ0v) is 10.1. The highest BCUT2D eigenvalue weighted by atomic mass is 15.0. The zero-order chi connectivity index (χ0) is 10.8. The Labute approximate surface area is 88.6 Å². The van der Waals surface area contributed by atoms with Gasteiger partial charge in [0.25, 0.3) is 0 Å². The summed E-state index contributed by atoms with van der Waals surface area (Å²) < 4.78 is 0. The maximum Gasteiger partial charge on any atom is 0.0305 e. The highest BCUT2D eigenvalue weighted by Gasteiger charge is 2.41. The largest absolute Gasteiger partial charge is 0.329 e. The highest BCUT2D eigenvalue weighted by molar-refractivity contribution is 5.03. The van der Waals surface area contributed by atoms with E-state index < -0.39 is 0 Å². The van der Waals surface area contributed by atoms with Gasteiger partial charge in [-0.1, -0.05) is 27.7 Å². The summed E-state index contributed by atoms with van der Waals surface area (Å²) in [7, 11) is 0. The van der Waals surface area contributed by atoms with Gasteiger partial charge in [-0.05, 0) is 37.1 Å². The molecule has 0 bridgehead atoms. The average molecular weight is 198 g/mol. The van der Waals surface area contributed by atoms with Crippen molar-refractivity contribution in [1.82, 2.24) is 5.32 Å². The number of nitrogens with two attached hydrogens (primary N) is 1. The molecule has 1 fully saturated rings. The second-order valence-corrected chi connectivity index (χ2v) is 5.52. The fourth-order valence-corrected chi connectivity index (χ4v) is 2.18. The van der Waals surface area contributed by atoms with Crippen LogP contribution in [0.1, 0.15) is 40.5 Å². The van der Waals surface area contributed by atoms with Crippen molar-refractivity contribution in [1.29, 1.82) is 0 Å². The molecule has 0 atom stereocenters. The molecule has 1 rings (SSSR count). The topological polar surface area (TPSA) is 38.0 Å². The van der Waals surface area contributed by atoms with Crippen LogP contribution in [0.3, 0.4) is 0 Å². The van der Waals surface area contributed by atoms with Gasteiger partial charge in [0.15, 0.2) is 0 Å². The Kier molecular flexibility index (Phi) is 3.96. The Bertz CT molecular complexity index is 163. The van der Waals surface area contributed by atoms with Gasteiger partial charge >= 0.3 is 0 Å². The van der Waals surface area contributed by atoms with Crippen molar-refractivity contribution in [2.24, 2.45) is 23.5 Å². The van der Waals surface area contributed by atoms with Crippen molar-refractivity contribution in [3.8, 4) is 0 Å². The zero-order valence-electron chi connectivity index (χ0n) is 10.1. The van der Waals surface area contributed by atoms with Crippen LogP contribution in [0.4, 0.5) is 0 Å². The van der Waals surface area contributed by atoms with E-state index in [1.807, 2.05) is 0 Å². The van der Waals surface area contributed by atoms with E-state index in [-0.39, 0.29) is 0 Å². The van der Waals surface area contributed by atoms with Gasteiger partial charge in [-0.2, -0.15) is 0 Å². The summed E-state index contributed by atoms with van der Waals surface area (Å²) in [6.07, 6.45) is 2.54. The quantitative estimate of drug-likeness (QED) is 0.685. The van der Waals surface area contributed by atoms with Crippen LogP contribution in [-0.2, 0) is 0 Å². The maximum absolute atomic E-state index is 5.74. The fraction of sp³-hybridized carbons (Fsp3) is 1.00. The van der Waals surface area contributed by atoms with E-state index in [1.165, 1.54) is 12.8 Å². The Morgan fingerprint density at radius 2 is 1.64 bits per heavy atom. The molecule has 0 radical (unpaired) electrons. The lowest BCUT2D eigenvalue weighted by Gasteiger charge is -2.27. The van der Waals surface area contributed by atoms with E-state index in [4.69, 9.17) is 5.73 Å². The summed E-state index contributed by atoms with van der Waals surface area (Å²) in [6.45, 7) is 11.2. The van der Waals surface area contributed by atoms with E-state index in [0.717, 1.165) is 30.8 Å². The molecule has 0 heterocycles. The lowest BCUT2D eigenvalue weighted by atomic mass is 9.85. The molecule has 3 N–H and O–H groups in total. The molecule has 0 aromatic rings. The molecule has 0 aromatic carbocycles. The van der Waals surface area contributed by atoms with Gasteiger partial charge in [-0.25, -0.2) is 0 Å². The molecule has 0 aromatic heterocycles. The normalized spacial score (nSPS) is 19.7. The molecular formula is C12H26N2. The molecule has 0 spiro atoms. The van der Waals surface area contributed by atoms with Crippen molar-refractivity contribution < 1.29 is 0 Å². The van der Waals surface area contributed by atoms with Gasteiger partial charge in [-0.15, -0.1) is 0 Å². The summed E-state index contributed by atoms with van der Waals surface area (Å²) in [5.41, 5.74) is 6.07. The third-order valence-corrected chi connectivity index (χ3v) is 3.67. The van der Waals surface area contributed by atoms with Crippen LogP contribution in [0.15, 0.2) is 0 Å². The average Bonchev–Trinajstić information content (AvgIpc) is 2.84. The molecule has 0 amide bonds. The SMILES string of the molecule is CC(C)C(CNC1(CN)CC1)C(C)C. The summed E-state index contributed by atoms with van der Waals surface area (Å²) in [5, 5.41) is 3.66. The van der Waals surface area contributed by atoms with E-state index in [1.54, 1.807) is 0 Å². The van der Waals surface area contributed by atoms with Crippen molar-refractivity contribution in [3.63, 3.8) is 0 Å². The number of rotatable bonds is 6. The second-order valence-electron chi connectivity index (χ2n) is 5.52. The first-order valence-corrected chi connectivity index (χ1v) is 5.96. The minimum absolute atomic E-state index is 0.321. The maximum atomic E-state index is 5.74. The Morgan fingerprint density at radius 1 is 1.14 bits per heavy atom. The lowest BCUT2D eigenvalue weighted by molar-refractivity contribution is 0.262. The van der Waals surface area contributed by atoms with Crippen LogP contribution in [0.2, 0.25) is 0 Å². The van der Waals surface area contributed by atoms with Gasteiger partial charge in [0.1, 0.15) is 0 Å². The van der Waals surface area contributed by atoms with Crippen molar-refractivity contribution >= 4 is 0 Å². The molecule has 1 aliphatic rings. The van der Waals surface area contributed by atoms with Gasteiger partial charge in [0.05, 0.1) is 0 Å². The number of hydrogen-bond donors (Lipinski definition) is 2. The summed E-state index contributed by atoms with van der Waals surface area (Å²) in [6, 6.07) is 0. The monoisotopic (exact) mass is 198 g/mol. The van der Waals surface area contributed by atoms with Crippen LogP contribution in [0, 0.1) is 17.8 Å². The van der Waals surface area contributed by atoms with Gasteiger partial charge in [0.2, 0.25) is 0 Å². The van der Waals surface area contributed by atoms with Crippen LogP contribution in [0.5, 0.6) is 0 Å². The van der Waals surface area contributed by atoms with E-state index in [9.17, 15) is 0 Å². The molecule has 14 heavy (non-hydrogen) atoms. The highest BCUT2D eigenvalue weighted by Crippen LogP contribution is 2.34. The number of hydrogen-bond acceptors (Lipinski definition) is 2.